The van der Waals surface area contributed by atoms with Crippen LogP contribution in [0.25, 0.3) is 16.6 Å². The highest BCUT2D eigenvalue weighted by atomic mass is 35.5. The van der Waals surface area contributed by atoms with Crippen molar-refractivity contribution in [3.8, 4) is 0 Å². The molecule has 7 heteroatoms. The second-order valence-electron chi connectivity index (χ2n) is 6.38. The van der Waals surface area contributed by atoms with Crippen LogP contribution in [0.3, 0.4) is 0 Å². The van der Waals surface area contributed by atoms with Crippen molar-refractivity contribution >= 4 is 34.4 Å². The zero-order chi connectivity index (χ0) is 18.4. The standard InChI is InChI=1S/C19H24ClN5O/c1-14(25-6-8-26-9-7-25)4-5-22-12-16(11-21)15-10-18-17(23-13-15)2-3-19(20)24-18/h2-3,10-14,21-22H,4-9H2,1H3/b16-12+,21-11?. The van der Waals surface area contributed by atoms with Gasteiger partial charge in [-0.3, -0.25) is 9.88 Å². The van der Waals surface area contributed by atoms with Gasteiger partial charge in [0.1, 0.15) is 5.15 Å². The van der Waals surface area contributed by atoms with Crippen molar-refractivity contribution in [2.75, 3.05) is 32.8 Å². The van der Waals surface area contributed by atoms with E-state index in [1.54, 1.807) is 12.3 Å². The number of nitrogens with one attached hydrogen (secondary N) is 2. The molecule has 0 aliphatic carbocycles. The van der Waals surface area contributed by atoms with Crippen LogP contribution in [0.4, 0.5) is 0 Å². The molecule has 3 heterocycles. The smallest absolute Gasteiger partial charge is 0.129 e. The van der Waals surface area contributed by atoms with Crippen molar-refractivity contribution < 1.29 is 4.74 Å². The molecule has 0 bridgehead atoms. The van der Waals surface area contributed by atoms with Crippen LogP contribution in [-0.2, 0) is 4.74 Å². The first kappa shape index (κ1) is 18.8. The van der Waals surface area contributed by atoms with Crippen molar-refractivity contribution in [2.45, 2.75) is 19.4 Å². The molecule has 6 nitrogen and oxygen atoms in total. The number of rotatable bonds is 7. The van der Waals surface area contributed by atoms with Gasteiger partial charge < -0.3 is 15.5 Å². The van der Waals surface area contributed by atoms with E-state index in [-0.39, 0.29) is 0 Å². The number of halogens is 1. The topological polar surface area (TPSA) is 74.1 Å². The summed E-state index contributed by atoms with van der Waals surface area (Å²) in [4.78, 5) is 11.1. The van der Waals surface area contributed by atoms with E-state index in [2.05, 4.69) is 27.1 Å². The molecule has 0 amide bonds. The molecule has 0 radical (unpaired) electrons. The van der Waals surface area contributed by atoms with Gasteiger partial charge in [-0.2, -0.15) is 0 Å². The Balaban J connectivity index is 1.60. The molecule has 0 spiro atoms. The van der Waals surface area contributed by atoms with E-state index in [1.807, 2.05) is 18.3 Å². The van der Waals surface area contributed by atoms with Gasteiger partial charge >= 0.3 is 0 Å². The van der Waals surface area contributed by atoms with Gasteiger partial charge in [0.15, 0.2) is 0 Å². The number of morpholine rings is 1. The summed E-state index contributed by atoms with van der Waals surface area (Å²) in [5, 5.41) is 11.5. The van der Waals surface area contributed by atoms with Crippen LogP contribution < -0.4 is 5.32 Å². The number of hydrogen-bond acceptors (Lipinski definition) is 6. The number of pyridine rings is 2. The molecule has 138 valence electrons. The molecule has 1 saturated heterocycles. The van der Waals surface area contributed by atoms with Gasteiger partial charge in [0.05, 0.1) is 24.2 Å². The first-order chi connectivity index (χ1) is 12.7. The number of aromatic nitrogens is 2. The Morgan fingerprint density at radius 1 is 1.38 bits per heavy atom. The zero-order valence-corrected chi connectivity index (χ0v) is 15.7. The van der Waals surface area contributed by atoms with Crippen molar-refractivity contribution in [1.82, 2.24) is 20.2 Å². The predicted octanol–water partition coefficient (Wildman–Crippen LogP) is 2.97. The molecule has 1 aliphatic rings. The van der Waals surface area contributed by atoms with Crippen molar-refractivity contribution in [1.29, 1.82) is 5.41 Å². The lowest BCUT2D eigenvalue weighted by Gasteiger charge is -2.32. The van der Waals surface area contributed by atoms with Gasteiger partial charge in [-0.15, -0.1) is 0 Å². The second-order valence-corrected chi connectivity index (χ2v) is 6.77. The van der Waals surface area contributed by atoms with E-state index in [0.29, 0.717) is 11.2 Å². The number of allylic oxidation sites excluding steroid dienone is 1. The Bertz CT molecular complexity index is 789. The SMILES string of the molecule is CC(CCN/C=C(\C=N)c1cnc2ccc(Cl)nc2c1)N1CCOCC1. The molecule has 1 unspecified atom stereocenters. The quantitative estimate of drug-likeness (QED) is 0.443. The lowest BCUT2D eigenvalue weighted by atomic mass is 10.1. The summed E-state index contributed by atoms with van der Waals surface area (Å²) in [5.74, 6) is 0. The fourth-order valence-corrected chi connectivity index (χ4v) is 3.18. The number of nitrogens with zero attached hydrogens (tertiary/aromatic N) is 3. The summed E-state index contributed by atoms with van der Waals surface area (Å²) >= 11 is 5.96. The Labute approximate surface area is 158 Å². The van der Waals surface area contributed by atoms with E-state index in [9.17, 15) is 0 Å². The van der Waals surface area contributed by atoms with Crippen molar-refractivity contribution in [3.05, 3.63) is 41.3 Å². The van der Waals surface area contributed by atoms with Crippen LogP contribution in [0.2, 0.25) is 5.15 Å². The zero-order valence-electron chi connectivity index (χ0n) is 14.9. The number of ether oxygens (including phenoxy) is 1. The lowest BCUT2D eigenvalue weighted by molar-refractivity contribution is 0.0189. The lowest BCUT2D eigenvalue weighted by Crippen LogP contribution is -2.42. The van der Waals surface area contributed by atoms with Crippen molar-refractivity contribution in [2.24, 2.45) is 0 Å². The molecular weight excluding hydrogens is 350 g/mol. The second kappa shape index (κ2) is 9.07. The maximum absolute atomic E-state index is 7.70. The summed E-state index contributed by atoms with van der Waals surface area (Å²) in [7, 11) is 0. The fourth-order valence-electron chi connectivity index (χ4n) is 3.02. The minimum Gasteiger partial charge on any atom is -0.390 e. The molecule has 1 aliphatic heterocycles. The summed E-state index contributed by atoms with van der Waals surface area (Å²) in [6.07, 6.45) is 5.99. The van der Waals surface area contributed by atoms with Crippen LogP contribution in [0.15, 0.2) is 30.6 Å². The van der Waals surface area contributed by atoms with E-state index < -0.39 is 0 Å². The van der Waals surface area contributed by atoms with E-state index in [0.717, 1.165) is 61.4 Å². The third kappa shape index (κ3) is 4.78. The average molecular weight is 374 g/mol. The molecule has 1 atom stereocenters. The summed E-state index contributed by atoms with van der Waals surface area (Å²) in [6.45, 7) is 6.74. The average Bonchev–Trinajstić information content (AvgIpc) is 2.68. The monoisotopic (exact) mass is 373 g/mol. The molecule has 2 aromatic rings. The number of fused-ring (bicyclic) bond motifs is 1. The maximum Gasteiger partial charge on any atom is 0.129 e. The van der Waals surface area contributed by atoms with Gasteiger partial charge in [-0.05, 0) is 31.5 Å². The highest BCUT2D eigenvalue weighted by Crippen LogP contribution is 2.18. The van der Waals surface area contributed by atoms with E-state index >= 15 is 0 Å². The maximum atomic E-state index is 7.70. The van der Waals surface area contributed by atoms with Crippen LogP contribution in [0, 0.1) is 5.41 Å². The first-order valence-corrected chi connectivity index (χ1v) is 9.23. The van der Waals surface area contributed by atoms with Crippen LogP contribution in [0.5, 0.6) is 0 Å². The largest absolute Gasteiger partial charge is 0.390 e. The highest BCUT2D eigenvalue weighted by molar-refractivity contribution is 6.29. The first-order valence-electron chi connectivity index (χ1n) is 8.86. The summed E-state index contributed by atoms with van der Waals surface area (Å²) in [5.41, 5.74) is 3.12. The molecular formula is C19H24ClN5O. The molecule has 2 N–H and O–H groups in total. The van der Waals surface area contributed by atoms with E-state index in [4.69, 9.17) is 21.7 Å². The molecule has 1 fully saturated rings. The summed E-state index contributed by atoms with van der Waals surface area (Å²) < 4.78 is 5.40. The Hall–Kier alpha value is -2.02. The highest BCUT2D eigenvalue weighted by Gasteiger charge is 2.16. The number of hydrogen-bond donors (Lipinski definition) is 2. The predicted molar refractivity (Wildman–Crippen MR) is 106 cm³/mol. The molecule has 26 heavy (non-hydrogen) atoms. The summed E-state index contributed by atoms with van der Waals surface area (Å²) in [6, 6.07) is 5.98. The minimum atomic E-state index is 0.437. The van der Waals surface area contributed by atoms with Gasteiger partial charge in [0.25, 0.3) is 0 Å². The molecule has 0 aromatic carbocycles. The third-order valence-electron chi connectivity index (χ3n) is 4.63. The molecule has 0 saturated carbocycles. The van der Waals surface area contributed by atoms with Gasteiger partial charge in [-0.25, -0.2) is 4.98 Å². The van der Waals surface area contributed by atoms with E-state index in [1.165, 1.54) is 6.21 Å². The Kier molecular flexibility index (Phi) is 6.55. The fraction of sp³-hybridized carbons (Fsp3) is 0.421. The minimum absolute atomic E-state index is 0.437. The Morgan fingerprint density at radius 2 is 2.19 bits per heavy atom. The molecule has 2 aromatic heterocycles. The Morgan fingerprint density at radius 3 is 2.96 bits per heavy atom. The van der Waals surface area contributed by atoms with Crippen LogP contribution >= 0.6 is 11.6 Å². The third-order valence-corrected chi connectivity index (χ3v) is 4.84. The van der Waals surface area contributed by atoms with Crippen molar-refractivity contribution in [3.63, 3.8) is 0 Å². The normalized spacial score (nSPS) is 17.2. The van der Waals surface area contributed by atoms with Gasteiger partial charge in [-0.1, -0.05) is 11.6 Å². The van der Waals surface area contributed by atoms with Crippen LogP contribution in [-0.4, -0.2) is 60.0 Å². The molecule has 3 rings (SSSR count). The van der Waals surface area contributed by atoms with Gasteiger partial charge in [0.2, 0.25) is 0 Å². The van der Waals surface area contributed by atoms with Gasteiger partial charge in [0, 0.05) is 55.4 Å². The van der Waals surface area contributed by atoms with Crippen LogP contribution in [0.1, 0.15) is 18.9 Å².